The van der Waals surface area contributed by atoms with Gasteiger partial charge in [-0.15, -0.1) is 0 Å². The van der Waals surface area contributed by atoms with Crippen molar-refractivity contribution in [2.45, 2.75) is 46.3 Å². The zero-order valence-electron chi connectivity index (χ0n) is 11.8. The molecule has 3 nitrogen and oxygen atoms in total. The highest BCUT2D eigenvalue weighted by molar-refractivity contribution is 5.49. The number of hydrogen-bond acceptors (Lipinski definition) is 3. The second-order valence-electron chi connectivity index (χ2n) is 4.92. The molecule has 0 aromatic carbocycles. The van der Waals surface area contributed by atoms with E-state index in [1.54, 1.807) is 6.20 Å². The molecule has 0 aliphatic heterocycles. The Hall–Kier alpha value is -1.35. The standard InChI is InChI=1S/C15H24N2O/c1-12(2)17-8-6-5-7-14-9-15(11-16-10-14)18-13(3)4/h5,7,9-13,17H,6,8H2,1-4H3/b7-5+. The second-order valence-corrected chi connectivity index (χ2v) is 4.92. The third-order valence-corrected chi connectivity index (χ3v) is 2.28. The predicted molar refractivity (Wildman–Crippen MR) is 76.8 cm³/mol. The topological polar surface area (TPSA) is 34.2 Å². The second kappa shape index (κ2) is 7.88. The minimum Gasteiger partial charge on any atom is -0.489 e. The Kier molecular flexibility index (Phi) is 6.44. The average Bonchev–Trinajstić information content (AvgIpc) is 2.27. The molecule has 0 atom stereocenters. The van der Waals surface area contributed by atoms with Gasteiger partial charge >= 0.3 is 0 Å². The Bertz CT molecular complexity index is 373. The molecule has 0 unspecified atom stereocenters. The number of ether oxygens (including phenoxy) is 1. The van der Waals surface area contributed by atoms with E-state index in [0.717, 1.165) is 24.3 Å². The fourth-order valence-corrected chi connectivity index (χ4v) is 1.54. The Balaban J connectivity index is 2.44. The van der Waals surface area contributed by atoms with Crippen molar-refractivity contribution in [2.24, 2.45) is 0 Å². The van der Waals surface area contributed by atoms with Gasteiger partial charge < -0.3 is 10.1 Å². The molecular formula is C15H24N2O. The minimum atomic E-state index is 0.182. The average molecular weight is 248 g/mol. The van der Waals surface area contributed by atoms with Gasteiger partial charge in [-0.25, -0.2) is 0 Å². The van der Waals surface area contributed by atoms with Crippen LogP contribution in [-0.2, 0) is 0 Å². The van der Waals surface area contributed by atoms with Crippen molar-refractivity contribution in [3.05, 3.63) is 30.1 Å². The van der Waals surface area contributed by atoms with E-state index in [1.807, 2.05) is 26.1 Å². The first-order valence-corrected chi connectivity index (χ1v) is 6.59. The van der Waals surface area contributed by atoms with Gasteiger partial charge in [-0.2, -0.15) is 0 Å². The Labute approximate surface area is 110 Å². The summed E-state index contributed by atoms with van der Waals surface area (Å²) in [6, 6.07) is 2.56. The molecule has 0 saturated carbocycles. The molecule has 0 spiro atoms. The molecule has 100 valence electrons. The SMILES string of the molecule is CC(C)NCC/C=C/c1cncc(OC(C)C)c1. The first-order valence-electron chi connectivity index (χ1n) is 6.59. The first-order chi connectivity index (χ1) is 8.58. The van der Waals surface area contributed by atoms with Crippen LogP contribution in [0.1, 0.15) is 39.7 Å². The van der Waals surface area contributed by atoms with Crippen LogP contribution < -0.4 is 10.1 Å². The van der Waals surface area contributed by atoms with Crippen molar-refractivity contribution in [3.63, 3.8) is 0 Å². The lowest BCUT2D eigenvalue weighted by molar-refractivity contribution is 0.241. The fraction of sp³-hybridized carbons (Fsp3) is 0.533. The third kappa shape index (κ3) is 6.40. The summed E-state index contributed by atoms with van der Waals surface area (Å²) in [5, 5.41) is 3.38. The summed E-state index contributed by atoms with van der Waals surface area (Å²) < 4.78 is 5.61. The van der Waals surface area contributed by atoms with Gasteiger partial charge in [-0.1, -0.05) is 26.0 Å². The highest BCUT2D eigenvalue weighted by Crippen LogP contribution is 2.14. The number of hydrogen-bond donors (Lipinski definition) is 1. The molecule has 1 rings (SSSR count). The molecular weight excluding hydrogens is 224 g/mol. The van der Waals surface area contributed by atoms with Crippen LogP contribution in [0.5, 0.6) is 5.75 Å². The van der Waals surface area contributed by atoms with Gasteiger partial charge in [0.05, 0.1) is 12.3 Å². The van der Waals surface area contributed by atoms with Gasteiger partial charge in [0.25, 0.3) is 0 Å². The van der Waals surface area contributed by atoms with Gasteiger partial charge in [-0.05, 0) is 38.4 Å². The molecule has 3 heteroatoms. The fourth-order valence-electron chi connectivity index (χ4n) is 1.54. The van der Waals surface area contributed by atoms with Gasteiger partial charge in [0, 0.05) is 12.2 Å². The maximum absolute atomic E-state index is 5.61. The van der Waals surface area contributed by atoms with Crippen molar-refractivity contribution in [1.29, 1.82) is 0 Å². The van der Waals surface area contributed by atoms with Crippen LogP contribution in [0.25, 0.3) is 6.08 Å². The van der Waals surface area contributed by atoms with Crippen LogP contribution in [0.4, 0.5) is 0 Å². The highest BCUT2D eigenvalue weighted by Gasteiger charge is 1.98. The van der Waals surface area contributed by atoms with Crippen molar-refractivity contribution < 1.29 is 4.74 Å². The van der Waals surface area contributed by atoms with E-state index in [4.69, 9.17) is 4.74 Å². The van der Waals surface area contributed by atoms with Crippen molar-refractivity contribution in [1.82, 2.24) is 10.3 Å². The summed E-state index contributed by atoms with van der Waals surface area (Å²) in [7, 11) is 0. The lowest BCUT2D eigenvalue weighted by Gasteiger charge is -2.09. The molecule has 0 aliphatic rings. The number of aromatic nitrogens is 1. The molecule has 1 aromatic heterocycles. The van der Waals surface area contributed by atoms with Crippen LogP contribution in [0.3, 0.4) is 0 Å². The zero-order valence-corrected chi connectivity index (χ0v) is 11.8. The quantitative estimate of drug-likeness (QED) is 0.752. The van der Waals surface area contributed by atoms with Gasteiger partial charge in [0.2, 0.25) is 0 Å². The van der Waals surface area contributed by atoms with E-state index in [0.29, 0.717) is 6.04 Å². The first kappa shape index (κ1) is 14.7. The van der Waals surface area contributed by atoms with E-state index in [2.05, 4.69) is 36.3 Å². The van der Waals surface area contributed by atoms with Crippen LogP contribution in [0.2, 0.25) is 0 Å². The predicted octanol–water partition coefficient (Wildman–Crippen LogP) is 3.27. The van der Waals surface area contributed by atoms with Gasteiger partial charge in [0.15, 0.2) is 0 Å². The summed E-state index contributed by atoms with van der Waals surface area (Å²) in [6.07, 6.45) is 9.04. The monoisotopic (exact) mass is 248 g/mol. The van der Waals surface area contributed by atoms with Crippen molar-refractivity contribution in [2.75, 3.05) is 6.54 Å². The maximum Gasteiger partial charge on any atom is 0.138 e. The molecule has 0 fully saturated rings. The zero-order chi connectivity index (χ0) is 13.4. The lowest BCUT2D eigenvalue weighted by atomic mass is 10.2. The van der Waals surface area contributed by atoms with Crippen LogP contribution in [0, 0.1) is 0 Å². The number of pyridine rings is 1. The van der Waals surface area contributed by atoms with E-state index < -0.39 is 0 Å². The molecule has 18 heavy (non-hydrogen) atoms. The molecule has 0 amide bonds. The van der Waals surface area contributed by atoms with E-state index in [1.165, 1.54) is 0 Å². The molecule has 1 N–H and O–H groups in total. The maximum atomic E-state index is 5.61. The summed E-state index contributed by atoms with van der Waals surface area (Å²) in [5.74, 6) is 0.826. The van der Waals surface area contributed by atoms with E-state index in [9.17, 15) is 0 Å². The smallest absolute Gasteiger partial charge is 0.138 e. The summed E-state index contributed by atoms with van der Waals surface area (Å²) in [4.78, 5) is 4.17. The minimum absolute atomic E-state index is 0.182. The highest BCUT2D eigenvalue weighted by atomic mass is 16.5. The Morgan fingerprint density at radius 3 is 2.72 bits per heavy atom. The van der Waals surface area contributed by atoms with Crippen LogP contribution in [-0.4, -0.2) is 23.7 Å². The van der Waals surface area contributed by atoms with Crippen molar-refractivity contribution in [3.8, 4) is 5.75 Å². The summed E-state index contributed by atoms with van der Waals surface area (Å²) in [6.45, 7) is 9.34. The summed E-state index contributed by atoms with van der Waals surface area (Å²) >= 11 is 0. The normalized spacial score (nSPS) is 11.7. The molecule has 1 aromatic rings. The molecule has 1 heterocycles. The van der Waals surface area contributed by atoms with Crippen molar-refractivity contribution >= 4 is 6.08 Å². The van der Waals surface area contributed by atoms with E-state index in [-0.39, 0.29) is 6.10 Å². The summed E-state index contributed by atoms with van der Waals surface area (Å²) in [5.41, 5.74) is 1.08. The Morgan fingerprint density at radius 1 is 1.28 bits per heavy atom. The Morgan fingerprint density at radius 2 is 2.06 bits per heavy atom. The van der Waals surface area contributed by atoms with Crippen LogP contribution in [0.15, 0.2) is 24.5 Å². The van der Waals surface area contributed by atoms with Gasteiger partial charge in [-0.3, -0.25) is 4.98 Å². The number of nitrogens with one attached hydrogen (secondary N) is 1. The molecule has 0 aliphatic carbocycles. The third-order valence-electron chi connectivity index (χ3n) is 2.28. The molecule has 0 saturated heterocycles. The van der Waals surface area contributed by atoms with E-state index >= 15 is 0 Å². The largest absolute Gasteiger partial charge is 0.489 e. The van der Waals surface area contributed by atoms with Crippen LogP contribution >= 0.6 is 0 Å². The lowest BCUT2D eigenvalue weighted by Crippen LogP contribution is -2.23. The number of nitrogens with zero attached hydrogens (tertiary/aromatic N) is 1. The number of rotatable bonds is 7. The van der Waals surface area contributed by atoms with Gasteiger partial charge in [0.1, 0.15) is 5.75 Å². The molecule has 0 bridgehead atoms. The molecule has 0 radical (unpaired) electrons.